The summed E-state index contributed by atoms with van der Waals surface area (Å²) in [6, 6.07) is 4.18. The summed E-state index contributed by atoms with van der Waals surface area (Å²) in [7, 11) is 3.35. The first kappa shape index (κ1) is 12.3. The van der Waals surface area contributed by atoms with Crippen LogP contribution in [0.25, 0.3) is 0 Å². The molecule has 4 heteroatoms. The average molecular weight is 261 g/mol. The highest BCUT2D eigenvalue weighted by molar-refractivity contribution is 5.78. The SMILES string of the molecule is COc1cc2c(c(OC)c1)C1CCCC(=O)N1CC2. The molecule has 1 saturated heterocycles. The van der Waals surface area contributed by atoms with Crippen molar-refractivity contribution in [3.8, 4) is 11.5 Å². The quantitative estimate of drug-likeness (QED) is 0.820. The molecule has 0 saturated carbocycles. The average Bonchev–Trinajstić information content (AvgIpc) is 2.45. The molecule has 0 N–H and O–H groups in total. The van der Waals surface area contributed by atoms with Gasteiger partial charge in [-0.1, -0.05) is 0 Å². The predicted molar refractivity (Wildman–Crippen MR) is 71.6 cm³/mol. The lowest BCUT2D eigenvalue weighted by molar-refractivity contribution is -0.137. The van der Waals surface area contributed by atoms with Crippen LogP contribution < -0.4 is 9.47 Å². The second-order valence-corrected chi connectivity index (χ2v) is 5.15. The third kappa shape index (κ3) is 1.95. The maximum atomic E-state index is 12.0. The molecule has 2 aliphatic heterocycles. The van der Waals surface area contributed by atoms with Gasteiger partial charge in [0.1, 0.15) is 11.5 Å². The molecular weight excluding hydrogens is 242 g/mol. The summed E-state index contributed by atoms with van der Waals surface area (Å²) < 4.78 is 10.8. The van der Waals surface area contributed by atoms with E-state index in [1.165, 1.54) is 11.1 Å². The number of carbonyl (C=O) groups excluding carboxylic acids is 1. The van der Waals surface area contributed by atoms with E-state index in [4.69, 9.17) is 9.47 Å². The number of hydrogen-bond acceptors (Lipinski definition) is 3. The second kappa shape index (κ2) is 4.76. The van der Waals surface area contributed by atoms with Crippen LogP contribution in [0, 0.1) is 0 Å². The van der Waals surface area contributed by atoms with Crippen molar-refractivity contribution >= 4 is 5.91 Å². The zero-order valence-electron chi connectivity index (χ0n) is 11.4. The van der Waals surface area contributed by atoms with Crippen molar-refractivity contribution in [3.63, 3.8) is 0 Å². The van der Waals surface area contributed by atoms with Gasteiger partial charge in [0, 0.05) is 24.6 Å². The fourth-order valence-electron chi connectivity index (χ4n) is 3.27. The van der Waals surface area contributed by atoms with Crippen LogP contribution >= 0.6 is 0 Å². The van der Waals surface area contributed by atoms with Gasteiger partial charge in [0.15, 0.2) is 0 Å². The van der Waals surface area contributed by atoms with E-state index in [1.807, 2.05) is 11.0 Å². The first-order valence-electron chi connectivity index (χ1n) is 6.79. The Morgan fingerprint density at radius 2 is 2.05 bits per heavy atom. The molecule has 1 aromatic rings. The normalized spacial score (nSPS) is 21.7. The van der Waals surface area contributed by atoms with E-state index in [0.717, 1.165) is 37.3 Å². The lowest BCUT2D eigenvalue weighted by Crippen LogP contribution is -2.42. The van der Waals surface area contributed by atoms with Gasteiger partial charge >= 0.3 is 0 Å². The lowest BCUT2D eigenvalue weighted by Gasteiger charge is -2.41. The number of methoxy groups -OCH3 is 2. The van der Waals surface area contributed by atoms with Crippen molar-refractivity contribution in [2.45, 2.75) is 31.7 Å². The fourth-order valence-corrected chi connectivity index (χ4v) is 3.27. The first-order chi connectivity index (χ1) is 9.24. The van der Waals surface area contributed by atoms with Crippen LogP contribution in [0.5, 0.6) is 11.5 Å². The number of fused-ring (bicyclic) bond motifs is 3. The van der Waals surface area contributed by atoms with Crippen molar-refractivity contribution in [1.29, 1.82) is 0 Å². The molecule has 1 unspecified atom stereocenters. The van der Waals surface area contributed by atoms with E-state index >= 15 is 0 Å². The van der Waals surface area contributed by atoms with Gasteiger partial charge in [0.2, 0.25) is 5.91 Å². The van der Waals surface area contributed by atoms with Gasteiger partial charge < -0.3 is 14.4 Å². The van der Waals surface area contributed by atoms with Crippen LogP contribution in [-0.4, -0.2) is 31.6 Å². The summed E-state index contributed by atoms with van der Waals surface area (Å²) in [6.45, 7) is 0.812. The van der Waals surface area contributed by atoms with Crippen molar-refractivity contribution in [2.75, 3.05) is 20.8 Å². The van der Waals surface area contributed by atoms with Crippen LogP contribution in [0.3, 0.4) is 0 Å². The molecule has 0 aliphatic carbocycles. The number of rotatable bonds is 2. The smallest absolute Gasteiger partial charge is 0.223 e. The number of carbonyl (C=O) groups is 1. The molecule has 0 bridgehead atoms. The minimum absolute atomic E-state index is 0.186. The van der Waals surface area contributed by atoms with Crippen molar-refractivity contribution in [3.05, 3.63) is 23.3 Å². The lowest BCUT2D eigenvalue weighted by atomic mass is 9.86. The summed E-state index contributed by atoms with van der Waals surface area (Å²) in [6.07, 6.45) is 3.56. The Labute approximate surface area is 113 Å². The zero-order chi connectivity index (χ0) is 13.4. The Bertz CT molecular complexity index is 495. The zero-order valence-corrected chi connectivity index (χ0v) is 11.4. The molecule has 1 atom stereocenters. The molecule has 1 fully saturated rings. The molecule has 2 aliphatic rings. The van der Waals surface area contributed by atoms with Crippen molar-refractivity contribution < 1.29 is 14.3 Å². The van der Waals surface area contributed by atoms with Crippen LogP contribution in [-0.2, 0) is 11.2 Å². The number of benzene rings is 1. The highest BCUT2D eigenvalue weighted by Gasteiger charge is 2.35. The van der Waals surface area contributed by atoms with E-state index in [2.05, 4.69) is 6.07 Å². The maximum Gasteiger partial charge on any atom is 0.223 e. The first-order valence-corrected chi connectivity index (χ1v) is 6.79. The number of ether oxygens (including phenoxy) is 2. The second-order valence-electron chi connectivity index (χ2n) is 5.15. The fraction of sp³-hybridized carbons (Fsp3) is 0.533. The van der Waals surface area contributed by atoms with Gasteiger partial charge in [0.25, 0.3) is 0 Å². The Balaban J connectivity index is 2.08. The van der Waals surface area contributed by atoms with E-state index in [0.29, 0.717) is 6.42 Å². The van der Waals surface area contributed by atoms with Crippen molar-refractivity contribution in [2.24, 2.45) is 0 Å². The van der Waals surface area contributed by atoms with Gasteiger partial charge in [-0.3, -0.25) is 4.79 Å². The predicted octanol–water partition coefficient (Wildman–Crippen LogP) is 2.31. The molecule has 102 valence electrons. The van der Waals surface area contributed by atoms with Gasteiger partial charge in [-0.05, 0) is 30.9 Å². The molecule has 19 heavy (non-hydrogen) atoms. The Kier molecular flexibility index (Phi) is 3.09. The minimum atomic E-state index is 0.186. The number of hydrogen-bond donors (Lipinski definition) is 0. The number of nitrogens with zero attached hydrogens (tertiary/aromatic N) is 1. The third-order valence-corrected chi connectivity index (χ3v) is 4.18. The monoisotopic (exact) mass is 261 g/mol. The van der Waals surface area contributed by atoms with E-state index in [-0.39, 0.29) is 11.9 Å². The molecule has 2 heterocycles. The summed E-state index contributed by atoms with van der Waals surface area (Å²) in [5, 5.41) is 0. The molecule has 0 aromatic heterocycles. The molecule has 0 radical (unpaired) electrons. The third-order valence-electron chi connectivity index (χ3n) is 4.18. The summed E-state index contributed by atoms with van der Waals surface area (Å²) in [4.78, 5) is 14.0. The molecule has 4 nitrogen and oxygen atoms in total. The van der Waals surface area contributed by atoms with Crippen LogP contribution in [0.4, 0.5) is 0 Å². The summed E-state index contributed by atoms with van der Waals surface area (Å²) in [5.74, 6) is 1.95. The number of piperidine rings is 1. The van der Waals surface area contributed by atoms with Gasteiger partial charge in [-0.25, -0.2) is 0 Å². The van der Waals surface area contributed by atoms with Gasteiger partial charge in [-0.2, -0.15) is 0 Å². The van der Waals surface area contributed by atoms with Crippen LogP contribution in [0.15, 0.2) is 12.1 Å². The highest BCUT2D eigenvalue weighted by Crippen LogP contribution is 2.43. The molecule has 3 rings (SSSR count). The summed E-state index contributed by atoms with van der Waals surface area (Å²) in [5.41, 5.74) is 2.44. The topological polar surface area (TPSA) is 38.8 Å². The van der Waals surface area contributed by atoms with Crippen LogP contribution in [0.2, 0.25) is 0 Å². The Hall–Kier alpha value is -1.71. The van der Waals surface area contributed by atoms with Gasteiger partial charge in [0.05, 0.1) is 20.3 Å². The van der Waals surface area contributed by atoms with E-state index in [1.54, 1.807) is 14.2 Å². The Morgan fingerprint density at radius 3 is 2.79 bits per heavy atom. The van der Waals surface area contributed by atoms with E-state index < -0.39 is 0 Å². The van der Waals surface area contributed by atoms with Gasteiger partial charge in [-0.15, -0.1) is 0 Å². The maximum absolute atomic E-state index is 12.0. The molecular formula is C15H19NO3. The largest absolute Gasteiger partial charge is 0.497 e. The van der Waals surface area contributed by atoms with E-state index in [9.17, 15) is 4.79 Å². The molecule has 0 spiro atoms. The summed E-state index contributed by atoms with van der Waals surface area (Å²) >= 11 is 0. The highest BCUT2D eigenvalue weighted by atomic mass is 16.5. The van der Waals surface area contributed by atoms with Crippen LogP contribution in [0.1, 0.15) is 36.4 Å². The number of amides is 1. The molecule has 1 amide bonds. The standard InChI is InChI=1S/C15H19NO3/c1-18-11-8-10-6-7-16-12(4-3-5-14(16)17)15(10)13(9-11)19-2/h8-9,12H,3-7H2,1-2H3. The van der Waals surface area contributed by atoms with Crippen molar-refractivity contribution in [1.82, 2.24) is 4.90 Å². The Morgan fingerprint density at radius 1 is 1.21 bits per heavy atom. The molecule has 1 aromatic carbocycles. The minimum Gasteiger partial charge on any atom is -0.497 e.